The number of benzene rings is 1. The summed E-state index contributed by atoms with van der Waals surface area (Å²) in [6, 6.07) is 6.87. The lowest BCUT2D eigenvalue weighted by molar-refractivity contribution is -0.119. The van der Waals surface area contributed by atoms with E-state index in [0.717, 1.165) is 12.5 Å². The monoisotopic (exact) mass is 412 g/mol. The molecule has 0 bridgehead atoms. The third kappa shape index (κ3) is 3.77. The predicted molar refractivity (Wildman–Crippen MR) is 109 cm³/mol. The topological polar surface area (TPSA) is 69.0 Å². The molecule has 156 valence electrons. The van der Waals surface area contributed by atoms with Crippen LogP contribution in [0.2, 0.25) is 0 Å². The molecule has 2 aromatic heterocycles. The molecule has 1 aliphatic heterocycles. The Balaban J connectivity index is 1.81. The number of nitrogens with zero attached hydrogens (tertiary/aromatic N) is 3. The summed E-state index contributed by atoms with van der Waals surface area (Å²) in [6.07, 6.45) is 3.07. The predicted octanol–water partition coefficient (Wildman–Crippen LogP) is 4.66. The molecule has 0 fully saturated rings. The molecule has 0 spiro atoms. The molecular weight excluding hydrogens is 390 g/mol. The van der Waals surface area contributed by atoms with E-state index in [9.17, 15) is 13.6 Å². The normalized spacial score (nSPS) is 14.0. The maximum atomic E-state index is 14.6. The maximum absolute atomic E-state index is 14.6. The number of aryl methyl sites for hydroxylation is 1. The van der Waals surface area contributed by atoms with Gasteiger partial charge < -0.3 is 10.1 Å². The minimum atomic E-state index is -0.703. The molecule has 0 radical (unpaired) electrons. The van der Waals surface area contributed by atoms with Crippen molar-refractivity contribution >= 4 is 11.7 Å². The molecule has 1 aliphatic rings. The lowest BCUT2D eigenvalue weighted by Gasteiger charge is -2.16. The lowest BCUT2D eigenvalue weighted by Crippen LogP contribution is -2.20. The van der Waals surface area contributed by atoms with Crippen LogP contribution in [0.1, 0.15) is 26.7 Å². The summed E-state index contributed by atoms with van der Waals surface area (Å²) in [5, 5.41) is 7.35. The van der Waals surface area contributed by atoms with Crippen LogP contribution in [0.4, 0.5) is 14.6 Å². The van der Waals surface area contributed by atoms with Gasteiger partial charge in [0, 0.05) is 36.7 Å². The van der Waals surface area contributed by atoms with Crippen molar-refractivity contribution < 1.29 is 18.3 Å². The molecule has 0 saturated carbocycles. The molecule has 4 rings (SSSR count). The van der Waals surface area contributed by atoms with Gasteiger partial charge in [0.15, 0.2) is 0 Å². The van der Waals surface area contributed by atoms with E-state index >= 15 is 0 Å². The Morgan fingerprint density at radius 1 is 1.30 bits per heavy atom. The first-order valence-electron chi connectivity index (χ1n) is 9.94. The molecule has 0 aliphatic carbocycles. The first-order valence-corrected chi connectivity index (χ1v) is 9.94. The average molecular weight is 412 g/mol. The van der Waals surface area contributed by atoms with Gasteiger partial charge in [-0.05, 0) is 36.2 Å². The minimum Gasteiger partial charge on any atom is -0.477 e. The summed E-state index contributed by atoms with van der Waals surface area (Å²) >= 11 is 0. The van der Waals surface area contributed by atoms with Gasteiger partial charge in [0.2, 0.25) is 11.8 Å². The smallest absolute Gasteiger partial charge is 0.228 e. The number of hydrogen-bond acceptors (Lipinski definition) is 4. The van der Waals surface area contributed by atoms with Crippen molar-refractivity contribution in [2.24, 2.45) is 5.92 Å². The fourth-order valence-electron chi connectivity index (χ4n) is 3.35. The number of nitrogens with one attached hydrogen (secondary N) is 1. The standard InChI is InChI=1S/C22H22F2N4O2/c1-3-13(2)21(29)26-18-11-14(7-8-25-18)19-20(16-6-5-15(23)12-17(16)24)27-28-9-4-10-30-22(19)28/h5-8,11-13H,3-4,9-10H2,1-2H3,(H,25,26,29). The van der Waals surface area contributed by atoms with E-state index in [1.165, 1.54) is 12.1 Å². The first-order chi connectivity index (χ1) is 14.5. The van der Waals surface area contributed by atoms with Crippen molar-refractivity contribution in [2.45, 2.75) is 33.2 Å². The van der Waals surface area contributed by atoms with E-state index in [1.54, 1.807) is 23.0 Å². The van der Waals surface area contributed by atoms with E-state index in [0.29, 0.717) is 48.1 Å². The molecule has 8 heteroatoms. The summed E-state index contributed by atoms with van der Waals surface area (Å²) in [7, 11) is 0. The minimum absolute atomic E-state index is 0.125. The summed E-state index contributed by atoms with van der Waals surface area (Å²) in [5.41, 5.74) is 1.79. The second-order valence-electron chi connectivity index (χ2n) is 7.31. The molecule has 6 nitrogen and oxygen atoms in total. The van der Waals surface area contributed by atoms with E-state index in [4.69, 9.17) is 4.74 Å². The lowest BCUT2D eigenvalue weighted by atomic mass is 10.0. The largest absolute Gasteiger partial charge is 0.477 e. The summed E-state index contributed by atoms with van der Waals surface area (Å²) in [6.45, 7) is 4.94. The van der Waals surface area contributed by atoms with Gasteiger partial charge in [-0.3, -0.25) is 4.79 Å². The van der Waals surface area contributed by atoms with Crippen LogP contribution in [0.25, 0.3) is 22.4 Å². The number of halogens is 2. The molecule has 3 heterocycles. The van der Waals surface area contributed by atoms with Crippen molar-refractivity contribution in [3.8, 4) is 28.3 Å². The molecule has 1 unspecified atom stereocenters. The number of aromatic nitrogens is 3. The Bertz CT molecular complexity index is 1100. The van der Waals surface area contributed by atoms with Crippen molar-refractivity contribution in [1.29, 1.82) is 0 Å². The Morgan fingerprint density at radius 2 is 2.13 bits per heavy atom. The van der Waals surface area contributed by atoms with Gasteiger partial charge >= 0.3 is 0 Å². The number of amides is 1. The number of ether oxygens (including phenoxy) is 1. The van der Waals surface area contributed by atoms with Crippen LogP contribution in [-0.4, -0.2) is 27.3 Å². The SMILES string of the molecule is CCC(C)C(=O)Nc1cc(-c2c(-c3ccc(F)cc3F)nn3c2OCCC3)ccn1. The third-order valence-corrected chi connectivity index (χ3v) is 5.20. The molecule has 1 N–H and O–H groups in total. The summed E-state index contributed by atoms with van der Waals surface area (Å²) in [4.78, 5) is 16.5. The summed E-state index contributed by atoms with van der Waals surface area (Å²) in [5.74, 6) is -0.723. The zero-order valence-electron chi connectivity index (χ0n) is 16.8. The van der Waals surface area contributed by atoms with E-state index in [-0.39, 0.29) is 17.4 Å². The highest BCUT2D eigenvalue weighted by Crippen LogP contribution is 2.41. The highest BCUT2D eigenvalue weighted by atomic mass is 19.1. The van der Waals surface area contributed by atoms with Crippen molar-refractivity contribution in [3.05, 3.63) is 48.2 Å². The molecule has 0 saturated heterocycles. The Labute approximate surface area is 172 Å². The van der Waals surface area contributed by atoms with Crippen molar-refractivity contribution in [3.63, 3.8) is 0 Å². The molecular formula is C22H22F2N4O2. The van der Waals surface area contributed by atoms with E-state index in [2.05, 4.69) is 15.4 Å². The zero-order valence-corrected chi connectivity index (χ0v) is 16.8. The van der Waals surface area contributed by atoms with E-state index in [1.807, 2.05) is 13.8 Å². The number of carbonyl (C=O) groups excluding carboxylic acids is 1. The number of rotatable bonds is 5. The Morgan fingerprint density at radius 3 is 2.90 bits per heavy atom. The van der Waals surface area contributed by atoms with E-state index < -0.39 is 11.6 Å². The third-order valence-electron chi connectivity index (χ3n) is 5.20. The van der Waals surface area contributed by atoms with Gasteiger partial charge in [0.1, 0.15) is 23.1 Å². The van der Waals surface area contributed by atoms with Crippen LogP contribution in [-0.2, 0) is 11.3 Å². The molecule has 30 heavy (non-hydrogen) atoms. The molecule has 3 aromatic rings. The van der Waals surface area contributed by atoms with Crippen LogP contribution in [0, 0.1) is 17.6 Å². The Hall–Kier alpha value is -3.29. The fraction of sp³-hybridized carbons (Fsp3) is 0.318. The Kier molecular flexibility index (Phi) is 5.48. The number of fused-ring (bicyclic) bond motifs is 1. The van der Waals surface area contributed by atoms with Crippen LogP contribution < -0.4 is 10.1 Å². The van der Waals surface area contributed by atoms with Gasteiger partial charge in [-0.2, -0.15) is 5.10 Å². The van der Waals surface area contributed by atoms with Crippen molar-refractivity contribution in [1.82, 2.24) is 14.8 Å². The highest BCUT2D eigenvalue weighted by molar-refractivity contribution is 5.93. The molecule has 1 aromatic carbocycles. The van der Waals surface area contributed by atoms with Gasteiger partial charge in [-0.1, -0.05) is 13.8 Å². The number of anilines is 1. The number of carbonyl (C=O) groups is 1. The van der Waals surface area contributed by atoms with Crippen LogP contribution >= 0.6 is 0 Å². The van der Waals surface area contributed by atoms with Crippen LogP contribution in [0.3, 0.4) is 0 Å². The number of pyridine rings is 1. The summed E-state index contributed by atoms with van der Waals surface area (Å²) < 4.78 is 35.6. The fourth-order valence-corrected chi connectivity index (χ4v) is 3.35. The second kappa shape index (κ2) is 8.22. The molecule has 1 atom stereocenters. The molecule has 1 amide bonds. The zero-order chi connectivity index (χ0) is 21.3. The first kappa shape index (κ1) is 20.0. The second-order valence-corrected chi connectivity index (χ2v) is 7.31. The van der Waals surface area contributed by atoms with Gasteiger partial charge in [0.05, 0.1) is 12.2 Å². The highest BCUT2D eigenvalue weighted by Gasteiger charge is 2.26. The van der Waals surface area contributed by atoms with Crippen LogP contribution in [0.15, 0.2) is 36.5 Å². The quantitative estimate of drug-likeness (QED) is 0.662. The number of hydrogen-bond donors (Lipinski definition) is 1. The van der Waals surface area contributed by atoms with Gasteiger partial charge in [-0.15, -0.1) is 0 Å². The maximum Gasteiger partial charge on any atom is 0.228 e. The van der Waals surface area contributed by atoms with Crippen LogP contribution in [0.5, 0.6) is 5.88 Å². The van der Waals surface area contributed by atoms with Gasteiger partial charge in [-0.25, -0.2) is 18.4 Å². The average Bonchev–Trinajstić information content (AvgIpc) is 3.12. The van der Waals surface area contributed by atoms with Gasteiger partial charge in [0.25, 0.3) is 0 Å². The van der Waals surface area contributed by atoms with Crippen molar-refractivity contribution in [2.75, 3.05) is 11.9 Å².